The van der Waals surface area contributed by atoms with Crippen LogP contribution in [0.25, 0.3) is 11.0 Å². The van der Waals surface area contributed by atoms with Gasteiger partial charge in [-0.3, -0.25) is 4.79 Å². The first-order valence-electron chi connectivity index (χ1n) is 10.9. The maximum absolute atomic E-state index is 13.9. The summed E-state index contributed by atoms with van der Waals surface area (Å²) in [7, 11) is 0. The molecule has 2 aromatic carbocycles. The lowest BCUT2D eigenvalue weighted by atomic mass is 10.0. The quantitative estimate of drug-likeness (QED) is 0.422. The fourth-order valence-electron chi connectivity index (χ4n) is 4.00. The van der Waals surface area contributed by atoms with Crippen molar-refractivity contribution in [2.45, 2.75) is 18.6 Å². The molecule has 3 N–H and O–H groups in total. The zero-order chi connectivity index (χ0) is 24.3. The molecular formula is C23H25ClF3N5OS. The molecule has 0 bridgehead atoms. The van der Waals surface area contributed by atoms with Crippen LogP contribution in [0.1, 0.15) is 34.2 Å². The molecule has 1 saturated heterocycles. The van der Waals surface area contributed by atoms with Crippen molar-refractivity contribution in [1.82, 2.24) is 20.6 Å². The zero-order valence-electron chi connectivity index (χ0n) is 18.5. The lowest BCUT2D eigenvalue weighted by Crippen LogP contribution is -2.44. The lowest BCUT2D eigenvalue weighted by Gasteiger charge is -2.31. The van der Waals surface area contributed by atoms with Crippen LogP contribution in [0.15, 0.2) is 36.4 Å². The van der Waals surface area contributed by atoms with E-state index in [2.05, 4.69) is 20.6 Å². The molecule has 4 rings (SSSR count). The molecule has 1 aliphatic rings. The number of thioether (sulfide) groups is 1. The van der Waals surface area contributed by atoms with Crippen LogP contribution < -0.4 is 15.5 Å². The largest absolute Gasteiger partial charge is 0.418 e. The predicted octanol–water partition coefficient (Wildman–Crippen LogP) is 4.87. The number of hydrogen-bond acceptors (Lipinski definition) is 5. The van der Waals surface area contributed by atoms with Crippen molar-refractivity contribution in [1.29, 1.82) is 0 Å². The van der Waals surface area contributed by atoms with Crippen LogP contribution in [0, 0.1) is 0 Å². The van der Waals surface area contributed by atoms with Gasteiger partial charge in [0, 0.05) is 42.5 Å². The molecule has 2 heterocycles. The highest BCUT2D eigenvalue weighted by Crippen LogP contribution is 2.37. The number of benzene rings is 2. The monoisotopic (exact) mass is 511 g/mol. The van der Waals surface area contributed by atoms with E-state index in [4.69, 9.17) is 11.6 Å². The SMILES string of the molecule is CSCC[C@H](NC(=O)c1ccc(N2CCNCC2)c(C(F)(F)F)c1)c1nc2cc(Cl)ccc2[nH]1. The Labute approximate surface area is 204 Å². The lowest BCUT2D eigenvalue weighted by molar-refractivity contribution is -0.137. The number of amides is 1. The highest BCUT2D eigenvalue weighted by Gasteiger charge is 2.36. The number of H-pyrrole nitrogens is 1. The molecule has 0 saturated carbocycles. The second kappa shape index (κ2) is 10.5. The van der Waals surface area contributed by atoms with Crippen LogP contribution in [0.2, 0.25) is 5.02 Å². The van der Waals surface area contributed by atoms with E-state index < -0.39 is 23.7 Å². The summed E-state index contributed by atoms with van der Waals surface area (Å²) < 4.78 is 41.7. The third kappa shape index (κ3) is 5.61. The second-order valence-corrected chi connectivity index (χ2v) is 9.48. The topological polar surface area (TPSA) is 73.1 Å². The maximum Gasteiger partial charge on any atom is 0.418 e. The van der Waals surface area contributed by atoms with Crippen molar-refractivity contribution in [3.8, 4) is 0 Å². The summed E-state index contributed by atoms with van der Waals surface area (Å²) >= 11 is 7.66. The third-order valence-corrected chi connectivity index (χ3v) is 6.61. The van der Waals surface area contributed by atoms with Crippen LogP contribution in [-0.4, -0.2) is 54.1 Å². The Morgan fingerprint density at radius 1 is 1.24 bits per heavy atom. The normalized spacial score (nSPS) is 15.5. The molecule has 1 fully saturated rings. The molecule has 0 radical (unpaired) electrons. The van der Waals surface area contributed by atoms with E-state index >= 15 is 0 Å². The molecule has 1 atom stereocenters. The number of piperazine rings is 1. The molecule has 182 valence electrons. The molecule has 1 aliphatic heterocycles. The molecule has 34 heavy (non-hydrogen) atoms. The van der Waals surface area contributed by atoms with Crippen LogP contribution in [-0.2, 0) is 6.18 Å². The first kappa shape index (κ1) is 24.7. The van der Waals surface area contributed by atoms with E-state index in [9.17, 15) is 18.0 Å². The number of imidazole rings is 1. The average molecular weight is 512 g/mol. The molecule has 0 unspecified atom stereocenters. The number of carbonyl (C=O) groups excluding carboxylic acids is 1. The van der Waals surface area contributed by atoms with Crippen molar-refractivity contribution < 1.29 is 18.0 Å². The Balaban J connectivity index is 1.61. The van der Waals surface area contributed by atoms with E-state index in [-0.39, 0.29) is 11.3 Å². The van der Waals surface area contributed by atoms with E-state index in [0.29, 0.717) is 49.0 Å². The van der Waals surface area contributed by atoms with Gasteiger partial charge in [-0.25, -0.2) is 4.98 Å². The van der Waals surface area contributed by atoms with Crippen molar-refractivity contribution in [2.24, 2.45) is 0 Å². The number of aromatic nitrogens is 2. The second-order valence-electron chi connectivity index (χ2n) is 8.06. The Morgan fingerprint density at radius 3 is 2.71 bits per heavy atom. The van der Waals surface area contributed by atoms with Gasteiger partial charge < -0.3 is 20.5 Å². The molecule has 1 aromatic heterocycles. The van der Waals surface area contributed by atoms with E-state index in [0.717, 1.165) is 17.3 Å². The molecule has 3 aromatic rings. The summed E-state index contributed by atoms with van der Waals surface area (Å²) in [5, 5.41) is 6.54. The number of alkyl halides is 3. The summed E-state index contributed by atoms with van der Waals surface area (Å²) in [5.74, 6) is 0.688. The summed E-state index contributed by atoms with van der Waals surface area (Å²) in [6.45, 7) is 2.17. The minimum atomic E-state index is -4.58. The Bertz CT molecular complexity index is 1160. The van der Waals surface area contributed by atoms with Crippen LogP contribution in [0.5, 0.6) is 0 Å². The van der Waals surface area contributed by atoms with Crippen LogP contribution >= 0.6 is 23.4 Å². The van der Waals surface area contributed by atoms with Crippen molar-refractivity contribution in [3.05, 3.63) is 58.4 Å². The van der Waals surface area contributed by atoms with E-state index in [1.54, 1.807) is 34.9 Å². The fraction of sp³-hybridized carbons (Fsp3) is 0.391. The van der Waals surface area contributed by atoms with Crippen molar-refractivity contribution >= 4 is 46.0 Å². The van der Waals surface area contributed by atoms with Gasteiger partial charge in [0.15, 0.2) is 0 Å². The van der Waals surface area contributed by atoms with E-state index in [1.165, 1.54) is 12.1 Å². The number of hydrogen-bond donors (Lipinski definition) is 3. The van der Waals surface area contributed by atoms with Crippen LogP contribution in [0.4, 0.5) is 18.9 Å². The van der Waals surface area contributed by atoms with Gasteiger partial charge in [-0.05, 0) is 54.8 Å². The molecule has 1 amide bonds. The van der Waals surface area contributed by atoms with Gasteiger partial charge in [0.2, 0.25) is 0 Å². The molecule has 0 spiro atoms. The molecule has 6 nitrogen and oxygen atoms in total. The number of anilines is 1. The van der Waals surface area contributed by atoms with Gasteiger partial charge in [-0.2, -0.15) is 24.9 Å². The van der Waals surface area contributed by atoms with E-state index in [1.807, 2.05) is 6.26 Å². The van der Waals surface area contributed by atoms with Crippen LogP contribution in [0.3, 0.4) is 0 Å². The summed E-state index contributed by atoms with van der Waals surface area (Å²) in [6.07, 6.45) is -2.07. The summed E-state index contributed by atoms with van der Waals surface area (Å²) in [6, 6.07) is 8.54. The van der Waals surface area contributed by atoms with Crippen molar-refractivity contribution in [3.63, 3.8) is 0 Å². The number of aromatic amines is 1. The van der Waals surface area contributed by atoms with Gasteiger partial charge >= 0.3 is 6.18 Å². The van der Waals surface area contributed by atoms with Gasteiger partial charge in [0.05, 0.1) is 22.6 Å². The molecular weight excluding hydrogens is 487 g/mol. The van der Waals surface area contributed by atoms with Gasteiger partial charge in [0.1, 0.15) is 5.82 Å². The minimum Gasteiger partial charge on any atom is -0.368 e. The Morgan fingerprint density at radius 2 is 2.00 bits per heavy atom. The Hall–Kier alpha value is -2.43. The number of rotatable bonds is 7. The van der Waals surface area contributed by atoms with Gasteiger partial charge in [0.25, 0.3) is 5.91 Å². The maximum atomic E-state index is 13.9. The average Bonchev–Trinajstić information content (AvgIpc) is 3.24. The van der Waals surface area contributed by atoms with Gasteiger partial charge in [-0.15, -0.1) is 0 Å². The standard InChI is InChI=1S/C23H25ClF3N5OS/c1-34-11-6-18(21-29-17-4-3-15(24)13-19(17)30-21)31-22(33)14-2-5-20(16(12-14)23(25,26)27)32-9-7-28-8-10-32/h2-5,12-13,18,28H,6-11H2,1H3,(H,29,30)(H,31,33)/t18-/m0/s1. The number of halogens is 4. The third-order valence-electron chi connectivity index (χ3n) is 5.73. The highest BCUT2D eigenvalue weighted by molar-refractivity contribution is 7.98. The first-order valence-corrected chi connectivity index (χ1v) is 12.7. The Kier molecular flexibility index (Phi) is 7.59. The number of fused-ring (bicyclic) bond motifs is 1. The predicted molar refractivity (Wildman–Crippen MR) is 131 cm³/mol. The molecule has 11 heteroatoms. The zero-order valence-corrected chi connectivity index (χ0v) is 20.1. The van der Waals surface area contributed by atoms with Crippen molar-refractivity contribution in [2.75, 3.05) is 43.1 Å². The first-order chi connectivity index (χ1) is 16.3. The van der Waals surface area contributed by atoms with Gasteiger partial charge in [-0.1, -0.05) is 11.6 Å². The highest BCUT2D eigenvalue weighted by atomic mass is 35.5. The summed E-state index contributed by atoms with van der Waals surface area (Å²) in [4.78, 5) is 22.5. The summed E-state index contributed by atoms with van der Waals surface area (Å²) in [5.41, 5.74) is 0.674. The minimum absolute atomic E-state index is 0.0421. The smallest absolute Gasteiger partial charge is 0.368 e. The number of nitrogens with one attached hydrogen (secondary N) is 3. The fourth-order valence-corrected chi connectivity index (χ4v) is 4.64. The number of nitrogens with zero attached hydrogens (tertiary/aromatic N) is 2. The molecule has 0 aliphatic carbocycles. The number of carbonyl (C=O) groups is 1.